The molecule has 16 heavy (non-hydrogen) atoms. The second kappa shape index (κ2) is 5.19. The van der Waals surface area contributed by atoms with Crippen LogP contribution >= 0.6 is 34.5 Å². The topological polar surface area (TPSA) is 12.0 Å². The summed E-state index contributed by atoms with van der Waals surface area (Å²) in [7, 11) is 1.92. The third-order valence-corrected chi connectivity index (χ3v) is 3.91. The molecule has 84 valence electrons. The molecule has 0 aliphatic rings. The number of thiophene rings is 1. The van der Waals surface area contributed by atoms with Crippen molar-refractivity contribution in [2.45, 2.75) is 6.54 Å². The summed E-state index contributed by atoms with van der Waals surface area (Å²) >= 11 is 13.8. The molecule has 0 aliphatic carbocycles. The maximum Gasteiger partial charge on any atom is 0.0592 e. The molecule has 0 spiro atoms. The quantitative estimate of drug-likeness (QED) is 0.870. The average molecular weight is 272 g/mol. The van der Waals surface area contributed by atoms with Crippen LogP contribution in [0.3, 0.4) is 0 Å². The first kappa shape index (κ1) is 11.9. The molecule has 0 saturated carbocycles. The summed E-state index contributed by atoms with van der Waals surface area (Å²) in [6, 6.07) is 7.81. The standard InChI is InChI=1S/C12H11Cl2NS/c1-15-7-8-6-9(13)2-3-10(8)12-11(14)4-5-16-12/h2-6,15H,7H2,1H3. The van der Waals surface area contributed by atoms with E-state index in [0.717, 1.165) is 27.0 Å². The summed E-state index contributed by atoms with van der Waals surface area (Å²) in [5.74, 6) is 0. The first-order valence-corrected chi connectivity index (χ1v) is 6.52. The summed E-state index contributed by atoms with van der Waals surface area (Å²) in [5.41, 5.74) is 2.32. The largest absolute Gasteiger partial charge is 0.316 e. The minimum Gasteiger partial charge on any atom is -0.316 e. The Bertz CT molecular complexity index is 494. The third-order valence-electron chi connectivity index (χ3n) is 2.30. The van der Waals surface area contributed by atoms with E-state index in [2.05, 4.69) is 5.32 Å². The number of hydrogen-bond acceptors (Lipinski definition) is 2. The van der Waals surface area contributed by atoms with Crippen LogP contribution in [0.2, 0.25) is 10.0 Å². The fraction of sp³-hybridized carbons (Fsp3) is 0.167. The fourth-order valence-electron chi connectivity index (χ4n) is 1.61. The Kier molecular flexibility index (Phi) is 3.87. The predicted molar refractivity (Wildman–Crippen MR) is 72.5 cm³/mol. The van der Waals surface area contributed by atoms with Crippen molar-refractivity contribution in [2.24, 2.45) is 0 Å². The molecule has 1 heterocycles. The van der Waals surface area contributed by atoms with Crippen LogP contribution in [0.25, 0.3) is 10.4 Å². The summed E-state index contributed by atoms with van der Waals surface area (Å²) in [4.78, 5) is 1.10. The van der Waals surface area contributed by atoms with Crippen LogP contribution in [0, 0.1) is 0 Å². The molecule has 0 aliphatic heterocycles. The number of halogens is 2. The summed E-state index contributed by atoms with van der Waals surface area (Å²) in [6.07, 6.45) is 0. The lowest BCUT2D eigenvalue weighted by atomic mass is 10.1. The Hall–Kier alpha value is -0.540. The molecule has 1 aromatic carbocycles. The van der Waals surface area contributed by atoms with Gasteiger partial charge in [0.2, 0.25) is 0 Å². The van der Waals surface area contributed by atoms with E-state index in [4.69, 9.17) is 23.2 Å². The van der Waals surface area contributed by atoms with Gasteiger partial charge in [0, 0.05) is 11.6 Å². The molecule has 0 unspecified atom stereocenters. The van der Waals surface area contributed by atoms with E-state index in [-0.39, 0.29) is 0 Å². The molecule has 1 aromatic heterocycles. The van der Waals surface area contributed by atoms with Crippen molar-refractivity contribution in [3.8, 4) is 10.4 Å². The second-order valence-corrected chi connectivity index (χ2v) is 5.19. The number of nitrogens with one attached hydrogen (secondary N) is 1. The molecule has 2 aromatic rings. The highest BCUT2D eigenvalue weighted by molar-refractivity contribution is 7.14. The zero-order chi connectivity index (χ0) is 11.5. The lowest BCUT2D eigenvalue weighted by Gasteiger charge is -2.08. The van der Waals surface area contributed by atoms with Crippen LogP contribution in [-0.2, 0) is 6.54 Å². The SMILES string of the molecule is CNCc1cc(Cl)ccc1-c1sccc1Cl. The van der Waals surface area contributed by atoms with Crippen LogP contribution in [0.1, 0.15) is 5.56 Å². The van der Waals surface area contributed by atoms with Crippen LogP contribution in [-0.4, -0.2) is 7.05 Å². The van der Waals surface area contributed by atoms with Crippen molar-refractivity contribution >= 4 is 34.5 Å². The van der Waals surface area contributed by atoms with Crippen molar-refractivity contribution in [1.29, 1.82) is 0 Å². The maximum atomic E-state index is 6.14. The number of hydrogen-bond donors (Lipinski definition) is 1. The zero-order valence-electron chi connectivity index (χ0n) is 8.76. The minimum atomic E-state index is 0.752. The third kappa shape index (κ3) is 2.41. The van der Waals surface area contributed by atoms with Gasteiger partial charge in [-0.2, -0.15) is 0 Å². The van der Waals surface area contributed by atoms with Crippen molar-refractivity contribution in [2.75, 3.05) is 7.05 Å². The van der Waals surface area contributed by atoms with Gasteiger partial charge in [0.05, 0.1) is 9.90 Å². The molecule has 0 radical (unpaired) electrons. The summed E-state index contributed by atoms with van der Waals surface area (Å²) < 4.78 is 0. The highest BCUT2D eigenvalue weighted by Crippen LogP contribution is 2.36. The highest BCUT2D eigenvalue weighted by Gasteiger charge is 2.10. The van der Waals surface area contributed by atoms with Gasteiger partial charge in [-0.3, -0.25) is 0 Å². The monoisotopic (exact) mass is 271 g/mol. The lowest BCUT2D eigenvalue weighted by molar-refractivity contribution is 0.820. The molecular weight excluding hydrogens is 261 g/mol. The van der Waals surface area contributed by atoms with Gasteiger partial charge in [-0.15, -0.1) is 11.3 Å². The average Bonchev–Trinajstić information content (AvgIpc) is 2.65. The van der Waals surface area contributed by atoms with Crippen LogP contribution in [0.5, 0.6) is 0 Å². The van der Waals surface area contributed by atoms with E-state index in [9.17, 15) is 0 Å². The molecule has 4 heteroatoms. The molecule has 1 nitrogen and oxygen atoms in total. The Balaban J connectivity index is 2.51. The highest BCUT2D eigenvalue weighted by atomic mass is 35.5. The van der Waals surface area contributed by atoms with Gasteiger partial charge in [-0.25, -0.2) is 0 Å². The van der Waals surface area contributed by atoms with Gasteiger partial charge in [-0.1, -0.05) is 29.3 Å². The molecule has 2 rings (SSSR count). The van der Waals surface area contributed by atoms with Gasteiger partial charge in [0.25, 0.3) is 0 Å². The van der Waals surface area contributed by atoms with Gasteiger partial charge in [-0.05, 0) is 41.8 Å². The van der Waals surface area contributed by atoms with Crippen LogP contribution in [0.15, 0.2) is 29.6 Å². The molecular formula is C12H11Cl2NS. The van der Waals surface area contributed by atoms with Crippen LogP contribution in [0.4, 0.5) is 0 Å². The van der Waals surface area contributed by atoms with Crippen molar-refractivity contribution in [3.63, 3.8) is 0 Å². The van der Waals surface area contributed by atoms with Crippen molar-refractivity contribution in [3.05, 3.63) is 45.3 Å². The van der Waals surface area contributed by atoms with Crippen molar-refractivity contribution < 1.29 is 0 Å². The number of benzene rings is 1. The second-order valence-electron chi connectivity index (χ2n) is 3.43. The van der Waals surface area contributed by atoms with E-state index >= 15 is 0 Å². The van der Waals surface area contributed by atoms with Gasteiger partial charge in [0.1, 0.15) is 0 Å². The Morgan fingerprint density at radius 3 is 2.69 bits per heavy atom. The Morgan fingerprint density at radius 2 is 2.06 bits per heavy atom. The maximum absolute atomic E-state index is 6.14. The van der Waals surface area contributed by atoms with Gasteiger partial charge in [0.15, 0.2) is 0 Å². The fourth-order valence-corrected chi connectivity index (χ4v) is 3.02. The molecule has 0 bridgehead atoms. The molecule has 0 saturated heterocycles. The van der Waals surface area contributed by atoms with E-state index in [1.165, 1.54) is 5.56 Å². The first-order chi connectivity index (χ1) is 7.72. The lowest BCUT2D eigenvalue weighted by Crippen LogP contribution is -2.06. The molecule has 0 fully saturated rings. The van der Waals surface area contributed by atoms with Gasteiger partial charge < -0.3 is 5.32 Å². The van der Waals surface area contributed by atoms with E-state index < -0.39 is 0 Å². The minimum absolute atomic E-state index is 0.752. The molecule has 1 N–H and O–H groups in total. The zero-order valence-corrected chi connectivity index (χ0v) is 11.1. The number of rotatable bonds is 3. The van der Waals surface area contributed by atoms with E-state index in [1.807, 2.05) is 36.7 Å². The summed E-state index contributed by atoms with van der Waals surface area (Å²) in [5, 5.41) is 6.68. The Labute approximate surface area is 109 Å². The van der Waals surface area contributed by atoms with E-state index in [1.54, 1.807) is 11.3 Å². The first-order valence-electron chi connectivity index (χ1n) is 4.88. The summed E-state index contributed by atoms with van der Waals surface area (Å²) in [6.45, 7) is 0.782. The normalized spacial score (nSPS) is 10.7. The van der Waals surface area contributed by atoms with Crippen molar-refractivity contribution in [1.82, 2.24) is 5.32 Å². The predicted octanol–water partition coefficient (Wildman–Crippen LogP) is 4.44. The smallest absolute Gasteiger partial charge is 0.0592 e. The van der Waals surface area contributed by atoms with E-state index in [0.29, 0.717) is 0 Å². The van der Waals surface area contributed by atoms with Gasteiger partial charge >= 0.3 is 0 Å². The molecule has 0 atom stereocenters. The molecule has 0 amide bonds. The van der Waals surface area contributed by atoms with Crippen LogP contribution < -0.4 is 5.32 Å². The Morgan fingerprint density at radius 1 is 1.25 bits per heavy atom.